The van der Waals surface area contributed by atoms with Gasteiger partial charge in [0.25, 0.3) is 0 Å². The first-order valence-electron chi connectivity index (χ1n) is 4.62. The molecule has 5 nitrogen and oxygen atoms in total. The molecule has 0 aliphatic rings. The number of pyridine rings is 2. The van der Waals surface area contributed by atoms with Crippen molar-refractivity contribution in [2.24, 2.45) is 0 Å². The van der Waals surface area contributed by atoms with E-state index in [1.807, 2.05) is 0 Å². The maximum absolute atomic E-state index is 11.0. The summed E-state index contributed by atoms with van der Waals surface area (Å²) in [4.78, 5) is 18.8. The second-order valence-corrected chi connectivity index (χ2v) is 3.31. The summed E-state index contributed by atoms with van der Waals surface area (Å²) in [7, 11) is 0. The van der Waals surface area contributed by atoms with E-state index in [-0.39, 0.29) is 5.69 Å². The van der Waals surface area contributed by atoms with Crippen LogP contribution in [0.4, 0.5) is 0 Å². The molecule has 3 aromatic heterocycles. The Morgan fingerprint density at radius 1 is 1.25 bits per heavy atom. The third-order valence-corrected chi connectivity index (χ3v) is 2.39. The molecule has 0 saturated heterocycles. The van der Waals surface area contributed by atoms with E-state index in [1.54, 1.807) is 24.5 Å². The molecule has 0 amide bonds. The van der Waals surface area contributed by atoms with Crippen LogP contribution in [0.5, 0.6) is 0 Å². The number of carbonyl (C=O) groups is 1. The summed E-state index contributed by atoms with van der Waals surface area (Å²) in [5.41, 5.74) is 1.07. The normalized spacial score (nSPS) is 11.0. The van der Waals surface area contributed by atoms with Gasteiger partial charge in [-0.2, -0.15) is 0 Å². The third-order valence-electron chi connectivity index (χ3n) is 2.39. The van der Waals surface area contributed by atoms with Crippen LogP contribution in [0.15, 0.2) is 35.1 Å². The lowest BCUT2D eigenvalue weighted by Crippen LogP contribution is -1.99. The van der Waals surface area contributed by atoms with E-state index in [9.17, 15) is 4.79 Å². The predicted octanol–water partition coefficient (Wildman–Crippen LogP) is 2.07. The predicted molar refractivity (Wildman–Crippen MR) is 56.3 cm³/mol. The van der Waals surface area contributed by atoms with Crippen LogP contribution in [0.25, 0.3) is 21.9 Å². The average Bonchev–Trinajstić information content (AvgIpc) is 2.66. The average molecular weight is 214 g/mol. The van der Waals surface area contributed by atoms with Crippen LogP contribution < -0.4 is 0 Å². The van der Waals surface area contributed by atoms with E-state index in [0.29, 0.717) is 16.6 Å². The molecule has 0 aliphatic heterocycles. The molecule has 0 fully saturated rings. The lowest BCUT2D eigenvalue weighted by atomic mass is 10.1. The maximum Gasteiger partial charge on any atom is 0.355 e. The molecular weight excluding hydrogens is 208 g/mol. The highest BCUT2D eigenvalue weighted by Gasteiger charge is 2.16. The molecule has 0 aliphatic carbocycles. The molecule has 3 heterocycles. The molecule has 0 spiro atoms. The van der Waals surface area contributed by atoms with E-state index in [4.69, 9.17) is 9.52 Å². The van der Waals surface area contributed by atoms with Crippen LogP contribution in [-0.4, -0.2) is 21.0 Å². The molecular formula is C11H6N2O3. The van der Waals surface area contributed by atoms with Crippen molar-refractivity contribution < 1.29 is 14.3 Å². The van der Waals surface area contributed by atoms with E-state index < -0.39 is 5.97 Å². The molecule has 3 aromatic rings. The van der Waals surface area contributed by atoms with Crippen molar-refractivity contribution in [3.63, 3.8) is 0 Å². The first-order valence-corrected chi connectivity index (χ1v) is 4.62. The Morgan fingerprint density at radius 2 is 2.12 bits per heavy atom. The van der Waals surface area contributed by atoms with Crippen LogP contribution in [-0.2, 0) is 0 Å². The first-order chi connectivity index (χ1) is 7.77. The number of aromatic carboxylic acids is 1. The topological polar surface area (TPSA) is 76.2 Å². The van der Waals surface area contributed by atoms with E-state index in [1.165, 1.54) is 6.20 Å². The van der Waals surface area contributed by atoms with Gasteiger partial charge >= 0.3 is 5.97 Å². The van der Waals surface area contributed by atoms with Gasteiger partial charge in [0, 0.05) is 17.8 Å². The molecule has 0 unspecified atom stereocenters. The number of hydrogen-bond donors (Lipinski definition) is 1. The number of carboxylic acid groups (broad SMARTS) is 1. The van der Waals surface area contributed by atoms with Gasteiger partial charge < -0.3 is 9.52 Å². The van der Waals surface area contributed by atoms with Crippen molar-refractivity contribution in [1.29, 1.82) is 0 Å². The first kappa shape index (κ1) is 8.84. The highest BCUT2D eigenvalue weighted by molar-refractivity contribution is 6.13. The fraction of sp³-hybridized carbons (Fsp3) is 0. The van der Waals surface area contributed by atoms with E-state index >= 15 is 0 Å². The van der Waals surface area contributed by atoms with Crippen molar-refractivity contribution >= 4 is 27.9 Å². The minimum Gasteiger partial charge on any atom is -0.476 e. The SMILES string of the molecule is O=C(O)c1nccc2oc3cnccc3c12. The number of nitrogens with zero attached hydrogens (tertiary/aromatic N) is 2. The summed E-state index contributed by atoms with van der Waals surface area (Å²) in [6.45, 7) is 0. The molecule has 3 rings (SSSR count). The second kappa shape index (κ2) is 3.03. The largest absolute Gasteiger partial charge is 0.476 e. The monoisotopic (exact) mass is 214 g/mol. The maximum atomic E-state index is 11.0. The highest BCUT2D eigenvalue weighted by Crippen LogP contribution is 2.29. The van der Waals surface area contributed by atoms with Crippen LogP contribution in [0.2, 0.25) is 0 Å². The minimum absolute atomic E-state index is 0.00227. The van der Waals surface area contributed by atoms with Crippen molar-refractivity contribution in [2.75, 3.05) is 0 Å². The summed E-state index contributed by atoms with van der Waals surface area (Å²) in [6, 6.07) is 3.36. The van der Waals surface area contributed by atoms with Gasteiger partial charge in [0.05, 0.1) is 11.6 Å². The van der Waals surface area contributed by atoms with Crippen LogP contribution >= 0.6 is 0 Å². The lowest BCUT2D eigenvalue weighted by molar-refractivity contribution is 0.0693. The smallest absolute Gasteiger partial charge is 0.355 e. The summed E-state index contributed by atoms with van der Waals surface area (Å²) in [5.74, 6) is -1.06. The number of carboxylic acids is 1. The number of aromatic nitrogens is 2. The Balaban J connectivity index is 2.57. The highest BCUT2D eigenvalue weighted by atomic mass is 16.4. The van der Waals surface area contributed by atoms with Crippen molar-refractivity contribution in [1.82, 2.24) is 9.97 Å². The molecule has 0 saturated carbocycles. The molecule has 0 aromatic carbocycles. The van der Waals surface area contributed by atoms with Gasteiger partial charge in [0.15, 0.2) is 11.3 Å². The van der Waals surface area contributed by atoms with E-state index in [2.05, 4.69) is 9.97 Å². The zero-order valence-corrected chi connectivity index (χ0v) is 8.04. The van der Waals surface area contributed by atoms with Gasteiger partial charge in [-0.1, -0.05) is 0 Å². The molecule has 16 heavy (non-hydrogen) atoms. The Morgan fingerprint density at radius 3 is 2.94 bits per heavy atom. The van der Waals surface area contributed by atoms with Crippen LogP contribution in [0.3, 0.4) is 0 Å². The molecule has 0 bridgehead atoms. The molecule has 5 heteroatoms. The van der Waals surface area contributed by atoms with Gasteiger partial charge in [0.1, 0.15) is 5.58 Å². The van der Waals surface area contributed by atoms with Crippen molar-refractivity contribution in [3.8, 4) is 0 Å². The molecule has 78 valence electrons. The number of hydrogen-bond acceptors (Lipinski definition) is 4. The standard InChI is InChI=1S/C11H6N2O3/c14-11(15)10-9-6-1-3-12-5-8(6)16-7(9)2-4-13-10/h1-5H,(H,14,15). The number of furan rings is 1. The summed E-state index contributed by atoms with van der Waals surface area (Å²) in [5, 5.41) is 10.3. The Kier molecular flexibility index (Phi) is 1.67. The summed E-state index contributed by atoms with van der Waals surface area (Å²) >= 11 is 0. The Bertz CT molecular complexity index is 703. The van der Waals surface area contributed by atoms with Gasteiger partial charge in [0.2, 0.25) is 0 Å². The van der Waals surface area contributed by atoms with Crippen LogP contribution in [0, 0.1) is 0 Å². The fourth-order valence-corrected chi connectivity index (χ4v) is 1.74. The van der Waals surface area contributed by atoms with E-state index in [0.717, 1.165) is 5.39 Å². The van der Waals surface area contributed by atoms with Gasteiger partial charge in [-0.05, 0) is 12.1 Å². The number of fused-ring (bicyclic) bond motifs is 3. The second-order valence-electron chi connectivity index (χ2n) is 3.31. The minimum atomic E-state index is -1.06. The third kappa shape index (κ3) is 1.08. The Hall–Kier alpha value is -2.43. The van der Waals surface area contributed by atoms with Crippen molar-refractivity contribution in [2.45, 2.75) is 0 Å². The van der Waals surface area contributed by atoms with Gasteiger partial charge in [-0.3, -0.25) is 4.98 Å². The van der Waals surface area contributed by atoms with Gasteiger partial charge in [-0.15, -0.1) is 0 Å². The molecule has 0 atom stereocenters. The molecule has 0 radical (unpaired) electrons. The lowest BCUT2D eigenvalue weighted by Gasteiger charge is -1.94. The molecule has 1 N–H and O–H groups in total. The van der Waals surface area contributed by atoms with Crippen LogP contribution in [0.1, 0.15) is 10.5 Å². The number of rotatable bonds is 1. The summed E-state index contributed by atoms with van der Waals surface area (Å²) < 4.78 is 5.48. The zero-order chi connectivity index (χ0) is 11.1. The fourth-order valence-electron chi connectivity index (χ4n) is 1.74. The van der Waals surface area contributed by atoms with Gasteiger partial charge in [-0.25, -0.2) is 9.78 Å². The zero-order valence-electron chi connectivity index (χ0n) is 8.04. The van der Waals surface area contributed by atoms with Crippen molar-refractivity contribution in [3.05, 3.63) is 36.4 Å². The summed E-state index contributed by atoms with van der Waals surface area (Å²) in [6.07, 6.45) is 4.57. The Labute approximate surface area is 89.3 Å². The quantitative estimate of drug-likeness (QED) is 0.671.